The number of hydrogen-bond donors (Lipinski definition) is 5. The summed E-state index contributed by atoms with van der Waals surface area (Å²) in [5.74, 6) is -0.0106. The lowest BCUT2D eigenvalue weighted by atomic mass is 9.90. The van der Waals surface area contributed by atoms with Crippen LogP contribution in [0.15, 0.2) is 96.0 Å². The first-order valence-electron chi connectivity index (χ1n) is 14.3. The zero-order valence-electron chi connectivity index (χ0n) is 23.7. The number of nitrogens with one attached hydrogen (secondary N) is 2. The summed E-state index contributed by atoms with van der Waals surface area (Å²) in [7, 11) is 0. The molecule has 0 unspecified atom stereocenters. The number of benzene rings is 3. The lowest BCUT2D eigenvalue weighted by molar-refractivity contribution is -0.133. The molecule has 9 heteroatoms. The molecule has 2 amide bonds. The van der Waals surface area contributed by atoms with E-state index in [1.165, 1.54) is 6.08 Å². The highest BCUT2D eigenvalue weighted by Gasteiger charge is 2.32. The Balaban J connectivity index is 1.46. The van der Waals surface area contributed by atoms with Crippen LogP contribution < -0.4 is 22.1 Å². The monoisotopic (exact) mass is 568 g/mol. The van der Waals surface area contributed by atoms with Gasteiger partial charge >= 0.3 is 0 Å². The number of phenolic OH excluding ortho intramolecular Hbond substituents is 1. The van der Waals surface area contributed by atoms with Gasteiger partial charge in [-0.2, -0.15) is 0 Å². The van der Waals surface area contributed by atoms with Crippen molar-refractivity contribution in [2.24, 2.45) is 16.5 Å². The van der Waals surface area contributed by atoms with Gasteiger partial charge in [-0.05, 0) is 54.2 Å². The Morgan fingerprint density at radius 2 is 1.74 bits per heavy atom. The van der Waals surface area contributed by atoms with Gasteiger partial charge in [0.1, 0.15) is 5.75 Å². The molecule has 1 aliphatic heterocycles. The zero-order chi connectivity index (χ0) is 29.7. The van der Waals surface area contributed by atoms with E-state index in [4.69, 9.17) is 11.5 Å². The number of nitrogens with two attached hydrogens (primary N) is 2. The predicted molar refractivity (Wildman–Crippen MR) is 167 cm³/mol. The molecule has 1 heterocycles. The van der Waals surface area contributed by atoms with Crippen molar-refractivity contribution in [1.82, 2.24) is 15.5 Å². The van der Waals surface area contributed by atoms with Crippen LogP contribution in [-0.2, 0) is 9.59 Å². The molecule has 0 radical (unpaired) electrons. The predicted octanol–water partition coefficient (Wildman–Crippen LogP) is 2.97. The molecular formula is C33H40N6O3. The third kappa shape index (κ3) is 9.21. The molecule has 3 aromatic carbocycles. The second kappa shape index (κ2) is 15.4. The van der Waals surface area contributed by atoms with E-state index < -0.39 is 6.04 Å². The fraction of sp³-hybridized carbons (Fsp3) is 0.303. The highest BCUT2D eigenvalue weighted by Crippen LogP contribution is 2.27. The minimum atomic E-state index is -0.432. The summed E-state index contributed by atoms with van der Waals surface area (Å²) in [6.07, 6.45) is 4.99. The number of carbonyl (C=O) groups is 2. The first kappa shape index (κ1) is 30.3. The number of aromatic hydroxyl groups is 1. The van der Waals surface area contributed by atoms with E-state index in [0.29, 0.717) is 45.4 Å². The summed E-state index contributed by atoms with van der Waals surface area (Å²) < 4.78 is 0. The van der Waals surface area contributed by atoms with Gasteiger partial charge in [-0.1, -0.05) is 72.8 Å². The lowest BCUT2D eigenvalue weighted by Crippen LogP contribution is -2.49. The molecule has 0 aromatic heterocycles. The molecule has 1 saturated heterocycles. The minimum Gasteiger partial charge on any atom is -0.508 e. The van der Waals surface area contributed by atoms with Crippen LogP contribution in [0.25, 0.3) is 6.08 Å². The van der Waals surface area contributed by atoms with Crippen LogP contribution in [0.5, 0.6) is 5.75 Å². The summed E-state index contributed by atoms with van der Waals surface area (Å²) >= 11 is 0. The Kier molecular flexibility index (Phi) is 11.1. The van der Waals surface area contributed by atoms with Crippen LogP contribution in [0.3, 0.4) is 0 Å². The summed E-state index contributed by atoms with van der Waals surface area (Å²) in [6, 6.07) is 26.7. The first-order chi connectivity index (χ1) is 20.4. The summed E-state index contributed by atoms with van der Waals surface area (Å²) in [6.45, 7) is 1.91. The van der Waals surface area contributed by atoms with Gasteiger partial charge in [-0.3, -0.25) is 14.6 Å². The van der Waals surface area contributed by atoms with Crippen molar-refractivity contribution >= 4 is 23.8 Å². The molecule has 7 N–H and O–H groups in total. The maximum Gasteiger partial charge on any atom is 0.244 e. The number of aliphatic imine (C=N–C) groups is 1. The van der Waals surface area contributed by atoms with Crippen molar-refractivity contribution in [1.29, 1.82) is 0 Å². The van der Waals surface area contributed by atoms with Crippen molar-refractivity contribution < 1.29 is 14.7 Å². The van der Waals surface area contributed by atoms with Crippen molar-refractivity contribution in [3.63, 3.8) is 0 Å². The zero-order valence-corrected chi connectivity index (χ0v) is 23.7. The Hall–Kier alpha value is -4.63. The van der Waals surface area contributed by atoms with E-state index >= 15 is 0 Å². The molecule has 42 heavy (non-hydrogen) atoms. The molecule has 0 aliphatic carbocycles. The molecular weight excluding hydrogens is 528 g/mol. The van der Waals surface area contributed by atoms with Crippen molar-refractivity contribution in [2.75, 3.05) is 26.2 Å². The van der Waals surface area contributed by atoms with Gasteiger partial charge in [0.2, 0.25) is 11.8 Å². The van der Waals surface area contributed by atoms with E-state index in [1.54, 1.807) is 24.3 Å². The second-order valence-corrected chi connectivity index (χ2v) is 10.5. The molecule has 1 fully saturated rings. The summed E-state index contributed by atoms with van der Waals surface area (Å²) in [5.41, 5.74) is 14.0. The number of guanidine groups is 1. The Labute approximate surface area is 247 Å². The fourth-order valence-electron chi connectivity index (χ4n) is 5.21. The Morgan fingerprint density at radius 1 is 1.05 bits per heavy atom. The topological polar surface area (TPSA) is 146 Å². The second-order valence-electron chi connectivity index (χ2n) is 10.5. The minimum absolute atomic E-state index is 0.0254. The van der Waals surface area contributed by atoms with Crippen molar-refractivity contribution in [3.05, 3.63) is 108 Å². The highest BCUT2D eigenvalue weighted by atomic mass is 16.3. The normalized spacial score (nSPS) is 17.3. The third-order valence-electron chi connectivity index (χ3n) is 7.37. The molecule has 0 spiro atoms. The van der Waals surface area contributed by atoms with E-state index in [0.717, 1.165) is 16.7 Å². The SMILES string of the molecule is NC(N)=NCCC[C@@H]1N[C@H](CNC(=O)C=Cc2cccc(O)c2)CCN(CC(c2ccccc2)c2ccccc2)C1=O. The van der Waals surface area contributed by atoms with Crippen LogP contribution >= 0.6 is 0 Å². The van der Waals surface area contributed by atoms with Crippen LogP contribution in [0, 0.1) is 0 Å². The van der Waals surface area contributed by atoms with Crippen LogP contribution in [-0.4, -0.2) is 66.0 Å². The van der Waals surface area contributed by atoms with E-state index in [2.05, 4.69) is 39.9 Å². The van der Waals surface area contributed by atoms with Gasteiger partial charge in [0.15, 0.2) is 5.96 Å². The maximum atomic E-state index is 13.9. The summed E-state index contributed by atoms with van der Waals surface area (Å²) in [4.78, 5) is 32.5. The molecule has 1 aliphatic rings. The number of rotatable bonds is 12. The molecule has 0 saturated carbocycles. The molecule has 220 valence electrons. The third-order valence-corrected chi connectivity index (χ3v) is 7.37. The number of amides is 2. The van der Waals surface area contributed by atoms with Crippen LogP contribution in [0.4, 0.5) is 0 Å². The maximum absolute atomic E-state index is 13.9. The smallest absolute Gasteiger partial charge is 0.244 e. The molecule has 2 atom stereocenters. The number of phenols is 1. The van der Waals surface area contributed by atoms with Gasteiger partial charge < -0.3 is 32.1 Å². The van der Waals surface area contributed by atoms with Gasteiger partial charge in [-0.15, -0.1) is 0 Å². The quantitative estimate of drug-likeness (QED) is 0.0983. The fourth-order valence-corrected chi connectivity index (χ4v) is 5.21. The molecule has 4 rings (SSSR count). The Morgan fingerprint density at radius 3 is 2.38 bits per heavy atom. The number of hydrogen-bond acceptors (Lipinski definition) is 5. The summed E-state index contributed by atoms with van der Waals surface area (Å²) in [5, 5.41) is 16.1. The van der Waals surface area contributed by atoms with Gasteiger partial charge in [-0.25, -0.2) is 0 Å². The standard InChI is InChI=1S/C33H40N6O3/c34-33(35)36-19-8-15-30-32(42)39(23-29(25-10-3-1-4-11-25)26-12-5-2-6-13-26)20-18-27(38-30)22-37-31(41)17-16-24-9-7-14-28(40)21-24/h1-7,9-14,16-17,21,27,29-30,38,40H,8,15,18-20,22-23H2,(H,37,41)(H4,34,35,36)/t27-,30-/m0/s1. The molecule has 9 nitrogen and oxygen atoms in total. The van der Waals surface area contributed by atoms with E-state index in [1.807, 2.05) is 47.4 Å². The van der Waals surface area contributed by atoms with E-state index in [9.17, 15) is 14.7 Å². The highest BCUT2D eigenvalue weighted by molar-refractivity contribution is 5.91. The largest absolute Gasteiger partial charge is 0.508 e. The van der Waals surface area contributed by atoms with E-state index in [-0.39, 0.29) is 35.5 Å². The van der Waals surface area contributed by atoms with Gasteiger partial charge in [0, 0.05) is 44.2 Å². The van der Waals surface area contributed by atoms with Crippen molar-refractivity contribution in [3.8, 4) is 5.75 Å². The van der Waals surface area contributed by atoms with Gasteiger partial charge in [0.05, 0.1) is 6.04 Å². The van der Waals surface area contributed by atoms with Crippen molar-refractivity contribution in [2.45, 2.75) is 37.3 Å². The van der Waals surface area contributed by atoms with Gasteiger partial charge in [0.25, 0.3) is 0 Å². The number of nitrogens with zero attached hydrogens (tertiary/aromatic N) is 2. The van der Waals surface area contributed by atoms with Crippen LogP contribution in [0.2, 0.25) is 0 Å². The molecule has 0 bridgehead atoms. The first-order valence-corrected chi connectivity index (χ1v) is 14.3. The Bertz CT molecular complexity index is 1320. The lowest BCUT2D eigenvalue weighted by Gasteiger charge is -2.29. The molecule has 3 aromatic rings. The average molecular weight is 569 g/mol. The average Bonchev–Trinajstić information content (AvgIpc) is 3.14. The number of carbonyl (C=O) groups excluding carboxylic acids is 2. The van der Waals surface area contributed by atoms with Crippen LogP contribution in [0.1, 0.15) is 41.9 Å².